The first-order valence-corrected chi connectivity index (χ1v) is 5.77. The van der Waals surface area contributed by atoms with Gasteiger partial charge in [0.2, 0.25) is 0 Å². The molecule has 0 spiro atoms. The summed E-state index contributed by atoms with van der Waals surface area (Å²) in [5, 5.41) is 0. The lowest BCUT2D eigenvalue weighted by atomic mass is 10.2. The molecule has 0 radical (unpaired) electrons. The van der Waals surface area contributed by atoms with E-state index in [1.54, 1.807) is 6.20 Å². The van der Waals surface area contributed by atoms with Crippen LogP contribution in [0.3, 0.4) is 0 Å². The van der Waals surface area contributed by atoms with Gasteiger partial charge in [0.1, 0.15) is 5.69 Å². The highest BCUT2D eigenvalue weighted by molar-refractivity contribution is 5.97. The smallest absolute Gasteiger partial charge is 0.162 e. The van der Waals surface area contributed by atoms with Gasteiger partial charge in [-0.3, -0.25) is 9.98 Å². The second-order valence-corrected chi connectivity index (χ2v) is 4.23. The third-order valence-corrected chi connectivity index (χ3v) is 3.01. The Morgan fingerprint density at radius 2 is 2.25 bits per heavy atom. The largest absolute Gasteiger partial charge is 0.307 e. The molecule has 4 nitrogen and oxygen atoms in total. The number of nitrogens with zero attached hydrogens (tertiary/aromatic N) is 2. The first-order chi connectivity index (χ1) is 7.81. The lowest BCUT2D eigenvalue weighted by Crippen LogP contribution is -2.33. The Labute approximate surface area is 96.0 Å². The molecule has 16 heavy (non-hydrogen) atoms. The van der Waals surface area contributed by atoms with E-state index in [9.17, 15) is 0 Å². The number of hydrazine groups is 1. The average Bonchev–Trinajstić information content (AvgIpc) is 2.80. The van der Waals surface area contributed by atoms with Crippen molar-refractivity contribution in [2.24, 2.45) is 10.8 Å². The Kier molecular flexibility index (Phi) is 3.51. The first-order valence-electron chi connectivity index (χ1n) is 5.77. The summed E-state index contributed by atoms with van der Waals surface area (Å²) >= 11 is 0. The number of aryl methyl sites for hydroxylation is 1. The molecule has 3 N–H and O–H groups in total. The summed E-state index contributed by atoms with van der Waals surface area (Å²) in [6.07, 6.45) is 6.64. The summed E-state index contributed by atoms with van der Waals surface area (Å²) in [5.74, 6) is 6.24. The van der Waals surface area contributed by atoms with E-state index < -0.39 is 0 Å². The minimum atomic E-state index is 0.410. The van der Waals surface area contributed by atoms with Gasteiger partial charge in [-0.1, -0.05) is 18.9 Å². The predicted molar refractivity (Wildman–Crippen MR) is 65.1 cm³/mol. The fourth-order valence-corrected chi connectivity index (χ4v) is 2.12. The van der Waals surface area contributed by atoms with Crippen molar-refractivity contribution in [3.05, 3.63) is 29.6 Å². The third kappa shape index (κ3) is 2.39. The molecular formula is C12H18N4. The zero-order chi connectivity index (χ0) is 11.4. The summed E-state index contributed by atoms with van der Waals surface area (Å²) < 4.78 is 0. The van der Waals surface area contributed by atoms with E-state index in [2.05, 4.69) is 15.4 Å². The topological polar surface area (TPSA) is 63.3 Å². The molecule has 1 heterocycles. The van der Waals surface area contributed by atoms with Crippen molar-refractivity contribution in [2.75, 3.05) is 0 Å². The molecule has 0 amide bonds. The lowest BCUT2D eigenvalue weighted by Gasteiger charge is -2.10. The van der Waals surface area contributed by atoms with Gasteiger partial charge in [-0.2, -0.15) is 0 Å². The normalized spacial score (nSPS) is 17.8. The number of hydrogen-bond donors (Lipinski definition) is 2. The van der Waals surface area contributed by atoms with Gasteiger partial charge >= 0.3 is 0 Å². The third-order valence-electron chi connectivity index (χ3n) is 3.01. The zero-order valence-corrected chi connectivity index (χ0v) is 9.61. The van der Waals surface area contributed by atoms with E-state index in [4.69, 9.17) is 5.84 Å². The van der Waals surface area contributed by atoms with Crippen LogP contribution in [0.2, 0.25) is 0 Å². The van der Waals surface area contributed by atoms with Crippen LogP contribution in [0.1, 0.15) is 36.9 Å². The number of aromatic nitrogens is 1. The van der Waals surface area contributed by atoms with Crippen LogP contribution in [0.4, 0.5) is 0 Å². The Morgan fingerprint density at radius 3 is 2.88 bits per heavy atom. The molecular weight excluding hydrogens is 200 g/mol. The molecule has 0 saturated heterocycles. The quantitative estimate of drug-likeness (QED) is 0.342. The van der Waals surface area contributed by atoms with Crippen molar-refractivity contribution >= 4 is 5.84 Å². The van der Waals surface area contributed by atoms with Gasteiger partial charge in [0.25, 0.3) is 0 Å². The van der Waals surface area contributed by atoms with E-state index in [1.165, 1.54) is 12.8 Å². The van der Waals surface area contributed by atoms with E-state index in [0.717, 1.165) is 24.1 Å². The van der Waals surface area contributed by atoms with E-state index in [-0.39, 0.29) is 0 Å². The van der Waals surface area contributed by atoms with Crippen molar-refractivity contribution < 1.29 is 0 Å². The van der Waals surface area contributed by atoms with Crippen LogP contribution in [0.5, 0.6) is 0 Å². The van der Waals surface area contributed by atoms with Crippen LogP contribution in [0.15, 0.2) is 23.3 Å². The highest BCUT2D eigenvalue weighted by Gasteiger charge is 2.16. The van der Waals surface area contributed by atoms with E-state index >= 15 is 0 Å². The van der Waals surface area contributed by atoms with Crippen LogP contribution in [-0.2, 0) is 0 Å². The molecule has 1 aliphatic carbocycles. The van der Waals surface area contributed by atoms with Crippen molar-refractivity contribution in [3.8, 4) is 0 Å². The van der Waals surface area contributed by atoms with Crippen LogP contribution >= 0.6 is 0 Å². The number of nitrogens with two attached hydrogens (primary N) is 1. The van der Waals surface area contributed by atoms with Crippen molar-refractivity contribution in [2.45, 2.75) is 38.6 Å². The highest BCUT2D eigenvalue weighted by atomic mass is 15.3. The second-order valence-electron chi connectivity index (χ2n) is 4.23. The molecule has 0 atom stereocenters. The van der Waals surface area contributed by atoms with Gasteiger partial charge in [-0.05, 0) is 31.4 Å². The van der Waals surface area contributed by atoms with E-state index in [1.807, 2.05) is 19.1 Å². The monoisotopic (exact) mass is 218 g/mol. The number of amidine groups is 1. The second kappa shape index (κ2) is 5.07. The molecule has 0 aliphatic heterocycles. The maximum Gasteiger partial charge on any atom is 0.162 e. The molecule has 1 aromatic heterocycles. The number of rotatable bonds is 2. The van der Waals surface area contributed by atoms with E-state index in [0.29, 0.717) is 11.9 Å². The maximum absolute atomic E-state index is 5.53. The summed E-state index contributed by atoms with van der Waals surface area (Å²) in [6, 6.07) is 4.35. The fraction of sp³-hybridized carbons (Fsp3) is 0.500. The molecule has 0 aromatic carbocycles. The number of hydrogen-bond acceptors (Lipinski definition) is 3. The van der Waals surface area contributed by atoms with Gasteiger partial charge in [0.05, 0.1) is 6.04 Å². The van der Waals surface area contributed by atoms with Gasteiger partial charge in [-0.15, -0.1) is 0 Å². The summed E-state index contributed by atoms with van der Waals surface area (Å²) in [7, 11) is 0. The number of pyridine rings is 1. The molecule has 0 unspecified atom stereocenters. The Morgan fingerprint density at radius 1 is 1.50 bits per heavy atom. The van der Waals surface area contributed by atoms with Gasteiger partial charge < -0.3 is 5.43 Å². The van der Waals surface area contributed by atoms with Crippen molar-refractivity contribution in [1.82, 2.24) is 10.4 Å². The zero-order valence-electron chi connectivity index (χ0n) is 9.61. The molecule has 4 heteroatoms. The fourth-order valence-electron chi connectivity index (χ4n) is 2.12. The molecule has 0 bridgehead atoms. The number of nitrogens with one attached hydrogen (secondary N) is 1. The standard InChI is InChI=1S/C12H18N4/c1-9-5-4-8-14-11(9)12(16-13)15-10-6-2-3-7-10/h4-5,8,10H,2-3,6-7,13H2,1H3,(H,15,16). The summed E-state index contributed by atoms with van der Waals surface area (Å²) in [4.78, 5) is 8.96. The number of aliphatic imine (C=N–C) groups is 1. The molecule has 2 rings (SSSR count). The van der Waals surface area contributed by atoms with Gasteiger partial charge in [-0.25, -0.2) is 5.84 Å². The molecule has 1 fully saturated rings. The molecule has 1 saturated carbocycles. The van der Waals surface area contributed by atoms with Crippen LogP contribution in [-0.4, -0.2) is 16.9 Å². The van der Waals surface area contributed by atoms with Crippen LogP contribution < -0.4 is 11.3 Å². The predicted octanol–water partition coefficient (Wildman–Crippen LogP) is 1.54. The molecule has 1 aromatic rings. The maximum atomic E-state index is 5.53. The SMILES string of the molecule is Cc1cccnc1C(=NC1CCCC1)NN. The minimum Gasteiger partial charge on any atom is -0.307 e. The summed E-state index contributed by atoms with van der Waals surface area (Å²) in [6.45, 7) is 2.02. The lowest BCUT2D eigenvalue weighted by molar-refractivity contribution is 0.700. The first kappa shape index (κ1) is 11.1. The average molecular weight is 218 g/mol. The van der Waals surface area contributed by atoms with Gasteiger partial charge in [0, 0.05) is 6.20 Å². The Balaban J connectivity index is 2.24. The summed E-state index contributed by atoms with van der Waals surface area (Å²) in [5.41, 5.74) is 4.63. The Bertz CT molecular complexity index is 380. The van der Waals surface area contributed by atoms with Crippen LogP contribution in [0, 0.1) is 6.92 Å². The minimum absolute atomic E-state index is 0.410. The molecule has 86 valence electrons. The van der Waals surface area contributed by atoms with Crippen molar-refractivity contribution in [1.29, 1.82) is 0 Å². The van der Waals surface area contributed by atoms with Crippen molar-refractivity contribution in [3.63, 3.8) is 0 Å². The Hall–Kier alpha value is -1.42. The highest BCUT2D eigenvalue weighted by Crippen LogP contribution is 2.21. The van der Waals surface area contributed by atoms with Crippen LogP contribution in [0.25, 0.3) is 0 Å². The van der Waals surface area contributed by atoms with Gasteiger partial charge in [0.15, 0.2) is 5.84 Å². The molecule has 1 aliphatic rings.